The van der Waals surface area contributed by atoms with Crippen molar-refractivity contribution in [2.24, 2.45) is 0 Å². The molecule has 2 aromatic rings. The van der Waals surface area contributed by atoms with Gasteiger partial charge in [0.2, 0.25) is 0 Å². The van der Waals surface area contributed by atoms with Crippen LogP contribution in [0.15, 0.2) is 40.9 Å². The number of aromatic hydroxyl groups is 1. The van der Waals surface area contributed by atoms with Crippen LogP contribution >= 0.6 is 39.1 Å². The molecule has 5 heteroatoms. The molecule has 0 aromatic heterocycles. The SMILES string of the molecule is Oc1ccc(CNc2cc(Cl)cc(Cl)c2)cc1Br. The number of anilines is 1. The van der Waals surface area contributed by atoms with Crippen molar-refractivity contribution in [2.45, 2.75) is 6.54 Å². The number of nitrogens with one attached hydrogen (secondary N) is 1. The highest BCUT2D eigenvalue weighted by molar-refractivity contribution is 9.10. The summed E-state index contributed by atoms with van der Waals surface area (Å²) in [6.07, 6.45) is 0. The van der Waals surface area contributed by atoms with E-state index >= 15 is 0 Å². The first-order valence-electron chi connectivity index (χ1n) is 5.22. The van der Waals surface area contributed by atoms with Crippen LogP contribution in [0.3, 0.4) is 0 Å². The molecule has 0 saturated heterocycles. The summed E-state index contributed by atoms with van der Waals surface area (Å²) in [5.41, 5.74) is 1.90. The van der Waals surface area contributed by atoms with Gasteiger partial charge in [-0.3, -0.25) is 0 Å². The summed E-state index contributed by atoms with van der Waals surface area (Å²) < 4.78 is 0.672. The van der Waals surface area contributed by atoms with Gasteiger partial charge in [0.25, 0.3) is 0 Å². The van der Waals surface area contributed by atoms with Gasteiger partial charge >= 0.3 is 0 Å². The molecule has 2 rings (SSSR count). The Bertz CT molecular complexity index is 555. The van der Waals surface area contributed by atoms with Gasteiger partial charge in [-0.1, -0.05) is 29.3 Å². The van der Waals surface area contributed by atoms with Crippen molar-refractivity contribution in [1.82, 2.24) is 0 Å². The molecule has 0 amide bonds. The number of phenolic OH excluding ortho intramolecular Hbond substituents is 1. The molecule has 0 heterocycles. The van der Waals surface area contributed by atoms with Crippen molar-refractivity contribution in [3.05, 3.63) is 56.5 Å². The van der Waals surface area contributed by atoms with E-state index in [4.69, 9.17) is 23.2 Å². The fourth-order valence-electron chi connectivity index (χ4n) is 1.52. The van der Waals surface area contributed by atoms with Crippen molar-refractivity contribution in [1.29, 1.82) is 0 Å². The predicted molar refractivity (Wildman–Crippen MR) is 79.6 cm³/mol. The van der Waals surface area contributed by atoms with E-state index in [2.05, 4.69) is 21.2 Å². The molecule has 0 unspecified atom stereocenters. The second kappa shape index (κ2) is 5.83. The molecule has 0 radical (unpaired) electrons. The molecule has 0 bridgehead atoms. The topological polar surface area (TPSA) is 32.3 Å². The van der Waals surface area contributed by atoms with Crippen molar-refractivity contribution in [3.8, 4) is 5.75 Å². The Morgan fingerprint density at radius 1 is 1.06 bits per heavy atom. The van der Waals surface area contributed by atoms with Gasteiger partial charge in [0, 0.05) is 22.3 Å². The average Bonchev–Trinajstić information content (AvgIpc) is 2.29. The van der Waals surface area contributed by atoms with E-state index in [1.165, 1.54) is 0 Å². The molecule has 0 spiro atoms. The Kier molecular flexibility index (Phi) is 4.38. The van der Waals surface area contributed by atoms with E-state index in [0.717, 1.165) is 11.3 Å². The maximum absolute atomic E-state index is 9.40. The largest absolute Gasteiger partial charge is 0.507 e. The van der Waals surface area contributed by atoms with Gasteiger partial charge in [-0.15, -0.1) is 0 Å². The highest BCUT2D eigenvalue weighted by atomic mass is 79.9. The van der Waals surface area contributed by atoms with Gasteiger partial charge in [-0.2, -0.15) is 0 Å². The third-order valence-electron chi connectivity index (χ3n) is 2.37. The number of hydrogen-bond acceptors (Lipinski definition) is 2. The third-order valence-corrected chi connectivity index (χ3v) is 3.44. The predicted octanol–water partition coefficient (Wildman–Crippen LogP) is 5.07. The highest BCUT2D eigenvalue weighted by Gasteiger charge is 2.01. The molecule has 0 aliphatic carbocycles. The summed E-state index contributed by atoms with van der Waals surface area (Å²) in [5, 5.41) is 13.8. The van der Waals surface area contributed by atoms with Gasteiger partial charge < -0.3 is 10.4 Å². The van der Waals surface area contributed by atoms with Crippen molar-refractivity contribution in [2.75, 3.05) is 5.32 Å². The standard InChI is InChI=1S/C13H10BrCl2NO/c14-12-3-8(1-2-13(12)18)7-17-11-5-9(15)4-10(16)6-11/h1-6,17-18H,7H2. The van der Waals surface area contributed by atoms with Crippen LogP contribution in [0.5, 0.6) is 5.75 Å². The molecule has 0 aliphatic rings. The zero-order valence-electron chi connectivity index (χ0n) is 9.25. The fraction of sp³-hybridized carbons (Fsp3) is 0.0769. The lowest BCUT2D eigenvalue weighted by atomic mass is 10.2. The number of phenols is 1. The van der Waals surface area contributed by atoms with Gasteiger partial charge in [-0.05, 0) is 51.8 Å². The van der Waals surface area contributed by atoms with Crippen LogP contribution in [0.4, 0.5) is 5.69 Å². The number of halogens is 3. The summed E-state index contributed by atoms with van der Waals surface area (Å²) in [7, 11) is 0. The molecule has 2 aromatic carbocycles. The summed E-state index contributed by atoms with van der Waals surface area (Å²) in [6, 6.07) is 10.6. The van der Waals surface area contributed by atoms with Crippen LogP contribution in [0.2, 0.25) is 10.0 Å². The van der Waals surface area contributed by atoms with Crippen molar-refractivity contribution in [3.63, 3.8) is 0 Å². The normalized spacial score (nSPS) is 10.4. The van der Waals surface area contributed by atoms with Crippen molar-refractivity contribution >= 4 is 44.8 Å². The van der Waals surface area contributed by atoms with Crippen LogP contribution in [-0.4, -0.2) is 5.11 Å². The monoisotopic (exact) mass is 345 g/mol. The molecule has 0 aliphatic heterocycles. The maximum Gasteiger partial charge on any atom is 0.129 e. The summed E-state index contributed by atoms with van der Waals surface area (Å²) in [4.78, 5) is 0. The molecule has 2 nitrogen and oxygen atoms in total. The maximum atomic E-state index is 9.40. The van der Waals surface area contributed by atoms with E-state index < -0.39 is 0 Å². The first-order chi connectivity index (χ1) is 8.54. The third kappa shape index (κ3) is 3.55. The Balaban J connectivity index is 2.08. The van der Waals surface area contributed by atoms with Crippen LogP contribution in [0, 0.1) is 0 Å². The lowest BCUT2D eigenvalue weighted by molar-refractivity contribution is 0.471. The first kappa shape index (κ1) is 13.5. The Labute approximate surface area is 124 Å². The lowest BCUT2D eigenvalue weighted by Gasteiger charge is -2.08. The Hall–Kier alpha value is -0.900. The zero-order valence-corrected chi connectivity index (χ0v) is 12.4. The fourth-order valence-corrected chi connectivity index (χ4v) is 2.47. The van der Waals surface area contributed by atoms with Crippen LogP contribution in [-0.2, 0) is 6.54 Å². The minimum Gasteiger partial charge on any atom is -0.507 e. The molecule has 0 atom stereocenters. The second-order valence-electron chi connectivity index (χ2n) is 3.80. The smallest absolute Gasteiger partial charge is 0.129 e. The lowest BCUT2D eigenvalue weighted by Crippen LogP contribution is -1.99. The quantitative estimate of drug-likeness (QED) is 0.812. The van der Waals surface area contributed by atoms with E-state index in [0.29, 0.717) is 21.1 Å². The molecule has 0 saturated carbocycles. The van der Waals surface area contributed by atoms with E-state index in [-0.39, 0.29) is 5.75 Å². The summed E-state index contributed by atoms with van der Waals surface area (Å²) in [6.45, 7) is 0.621. The minimum absolute atomic E-state index is 0.226. The molecular formula is C13H10BrCl2NO. The first-order valence-corrected chi connectivity index (χ1v) is 6.77. The molecule has 2 N–H and O–H groups in total. The van der Waals surface area contributed by atoms with Gasteiger partial charge in [0.05, 0.1) is 4.47 Å². The summed E-state index contributed by atoms with van der Waals surface area (Å²) >= 11 is 15.1. The van der Waals surface area contributed by atoms with Crippen LogP contribution in [0.25, 0.3) is 0 Å². The Morgan fingerprint density at radius 2 is 1.72 bits per heavy atom. The number of hydrogen-bond donors (Lipinski definition) is 2. The van der Waals surface area contributed by atoms with Gasteiger partial charge in [0.15, 0.2) is 0 Å². The van der Waals surface area contributed by atoms with Gasteiger partial charge in [-0.25, -0.2) is 0 Å². The highest BCUT2D eigenvalue weighted by Crippen LogP contribution is 2.26. The molecular weight excluding hydrogens is 337 g/mol. The van der Waals surface area contributed by atoms with Gasteiger partial charge in [0.1, 0.15) is 5.75 Å². The molecule has 18 heavy (non-hydrogen) atoms. The van der Waals surface area contributed by atoms with E-state index in [1.54, 1.807) is 12.1 Å². The summed E-state index contributed by atoms with van der Waals surface area (Å²) in [5.74, 6) is 0.226. The van der Waals surface area contributed by atoms with Crippen LogP contribution < -0.4 is 5.32 Å². The van der Waals surface area contributed by atoms with Crippen LogP contribution in [0.1, 0.15) is 5.56 Å². The number of rotatable bonds is 3. The average molecular weight is 347 g/mol. The van der Waals surface area contributed by atoms with E-state index in [1.807, 2.05) is 24.3 Å². The van der Waals surface area contributed by atoms with E-state index in [9.17, 15) is 5.11 Å². The Morgan fingerprint density at radius 3 is 2.33 bits per heavy atom. The van der Waals surface area contributed by atoms with Crippen molar-refractivity contribution < 1.29 is 5.11 Å². The molecule has 0 fully saturated rings. The second-order valence-corrected chi connectivity index (χ2v) is 5.52. The number of benzene rings is 2. The minimum atomic E-state index is 0.226. The molecule has 94 valence electrons. The zero-order chi connectivity index (χ0) is 13.1.